The molecule has 1 aliphatic rings. The first-order valence-electron chi connectivity index (χ1n) is 9.69. The van der Waals surface area contributed by atoms with Crippen molar-refractivity contribution in [2.45, 2.75) is 19.8 Å². The lowest BCUT2D eigenvalue weighted by Gasteiger charge is -2.36. The Morgan fingerprint density at radius 3 is 2.48 bits per heavy atom. The fourth-order valence-corrected chi connectivity index (χ4v) is 3.53. The molecule has 0 bridgehead atoms. The Hall–Kier alpha value is -2.53. The van der Waals surface area contributed by atoms with E-state index in [4.69, 9.17) is 4.74 Å². The molecule has 1 saturated heterocycles. The van der Waals surface area contributed by atoms with Crippen molar-refractivity contribution >= 4 is 17.3 Å². The van der Waals surface area contributed by atoms with Crippen LogP contribution in [0.2, 0.25) is 0 Å². The number of aryl methyl sites for hydroxylation is 1. The van der Waals surface area contributed by atoms with E-state index < -0.39 is 0 Å². The molecule has 0 atom stereocenters. The Labute approximate surface area is 161 Å². The molecule has 0 aromatic heterocycles. The molecule has 5 nitrogen and oxygen atoms in total. The van der Waals surface area contributed by atoms with E-state index >= 15 is 0 Å². The zero-order valence-electron chi connectivity index (χ0n) is 16.3. The molecule has 1 N–H and O–H groups in total. The molecule has 0 unspecified atom stereocenters. The molecular weight excluding hydrogens is 338 g/mol. The van der Waals surface area contributed by atoms with Gasteiger partial charge in [0.25, 0.3) is 0 Å². The fourth-order valence-electron chi connectivity index (χ4n) is 3.53. The predicted molar refractivity (Wildman–Crippen MR) is 111 cm³/mol. The number of hydrogen-bond donors (Lipinski definition) is 1. The van der Waals surface area contributed by atoms with Gasteiger partial charge in [-0.05, 0) is 36.7 Å². The Bertz CT molecular complexity index is 755. The minimum absolute atomic E-state index is 0.0283. The van der Waals surface area contributed by atoms with Crippen molar-refractivity contribution in [3.63, 3.8) is 0 Å². The quantitative estimate of drug-likeness (QED) is 0.815. The average molecular weight is 367 g/mol. The van der Waals surface area contributed by atoms with Crippen molar-refractivity contribution in [3.05, 3.63) is 54.1 Å². The van der Waals surface area contributed by atoms with Gasteiger partial charge in [-0.25, -0.2) is 0 Å². The molecule has 1 fully saturated rings. The summed E-state index contributed by atoms with van der Waals surface area (Å²) in [6, 6.07) is 15.9. The standard InChI is InChI=1S/C22H29N3O2/c1-3-24-14-16-25(17-15-24)20-10-6-5-9-19(20)23-22(26)13-12-18-8-4-7-11-21(18)27-2/h4-11H,3,12-17H2,1-2H3,(H,23,26). The zero-order chi connectivity index (χ0) is 19.1. The summed E-state index contributed by atoms with van der Waals surface area (Å²) >= 11 is 0. The van der Waals surface area contributed by atoms with Crippen LogP contribution in [0.5, 0.6) is 5.75 Å². The average Bonchev–Trinajstić information content (AvgIpc) is 2.73. The number of piperazine rings is 1. The maximum atomic E-state index is 12.5. The van der Waals surface area contributed by atoms with Crippen molar-refractivity contribution in [1.82, 2.24) is 4.90 Å². The molecule has 0 radical (unpaired) electrons. The van der Waals surface area contributed by atoms with E-state index in [2.05, 4.69) is 28.1 Å². The van der Waals surface area contributed by atoms with Gasteiger partial charge in [-0.2, -0.15) is 0 Å². The summed E-state index contributed by atoms with van der Waals surface area (Å²) in [6.07, 6.45) is 1.09. The Morgan fingerprint density at radius 2 is 1.74 bits per heavy atom. The van der Waals surface area contributed by atoms with Gasteiger partial charge in [-0.1, -0.05) is 37.3 Å². The Morgan fingerprint density at radius 1 is 1.04 bits per heavy atom. The maximum Gasteiger partial charge on any atom is 0.224 e. The number of para-hydroxylation sites is 3. The Balaban J connectivity index is 1.61. The van der Waals surface area contributed by atoms with Crippen molar-refractivity contribution in [3.8, 4) is 5.75 Å². The van der Waals surface area contributed by atoms with Crippen LogP contribution in [0.15, 0.2) is 48.5 Å². The number of ether oxygens (including phenoxy) is 1. The molecular formula is C22H29N3O2. The number of carbonyl (C=O) groups excluding carboxylic acids is 1. The third-order valence-electron chi connectivity index (χ3n) is 5.15. The van der Waals surface area contributed by atoms with Crippen LogP contribution in [0, 0.1) is 0 Å². The molecule has 0 spiro atoms. The molecule has 5 heteroatoms. The van der Waals surface area contributed by atoms with Crippen LogP contribution in [-0.2, 0) is 11.2 Å². The number of anilines is 2. The second-order valence-corrected chi connectivity index (χ2v) is 6.80. The van der Waals surface area contributed by atoms with E-state index in [1.807, 2.05) is 42.5 Å². The van der Waals surface area contributed by atoms with Gasteiger partial charge in [-0.15, -0.1) is 0 Å². The first kappa shape index (κ1) is 19.2. The molecule has 1 aliphatic heterocycles. The molecule has 1 amide bonds. The zero-order valence-corrected chi connectivity index (χ0v) is 16.3. The third-order valence-corrected chi connectivity index (χ3v) is 5.15. The summed E-state index contributed by atoms with van der Waals surface area (Å²) < 4.78 is 5.37. The second-order valence-electron chi connectivity index (χ2n) is 6.80. The predicted octanol–water partition coefficient (Wildman–Crippen LogP) is 3.41. The molecule has 3 rings (SSSR count). The highest BCUT2D eigenvalue weighted by Gasteiger charge is 2.18. The normalized spacial score (nSPS) is 14.8. The van der Waals surface area contributed by atoms with Crippen LogP contribution in [0.4, 0.5) is 11.4 Å². The van der Waals surface area contributed by atoms with Crippen LogP contribution >= 0.6 is 0 Å². The molecule has 144 valence electrons. The number of hydrogen-bond acceptors (Lipinski definition) is 4. The van der Waals surface area contributed by atoms with E-state index in [1.54, 1.807) is 7.11 Å². The lowest BCUT2D eigenvalue weighted by molar-refractivity contribution is -0.116. The summed E-state index contributed by atoms with van der Waals surface area (Å²) in [5.74, 6) is 0.861. The molecule has 0 saturated carbocycles. The first-order chi connectivity index (χ1) is 13.2. The van der Waals surface area contributed by atoms with E-state index in [0.29, 0.717) is 12.8 Å². The van der Waals surface area contributed by atoms with Crippen LogP contribution in [-0.4, -0.2) is 50.6 Å². The number of nitrogens with zero attached hydrogens (tertiary/aromatic N) is 2. The molecule has 2 aromatic rings. The number of likely N-dealkylation sites (N-methyl/N-ethyl adjacent to an activating group) is 1. The highest BCUT2D eigenvalue weighted by atomic mass is 16.5. The molecule has 27 heavy (non-hydrogen) atoms. The fraction of sp³-hybridized carbons (Fsp3) is 0.409. The number of methoxy groups -OCH3 is 1. The van der Waals surface area contributed by atoms with Crippen LogP contribution in [0.3, 0.4) is 0 Å². The SMILES string of the molecule is CCN1CCN(c2ccccc2NC(=O)CCc2ccccc2OC)CC1. The molecule has 1 heterocycles. The minimum atomic E-state index is 0.0283. The topological polar surface area (TPSA) is 44.8 Å². The van der Waals surface area contributed by atoms with Crippen molar-refractivity contribution in [1.29, 1.82) is 0 Å². The van der Waals surface area contributed by atoms with Crippen molar-refractivity contribution in [2.24, 2.45) is 0 Å². The lowest BCUT2D eigenvalue weighted by Crippen LogP contribution is -2.46. The largest absolute Gasteiger partial charge is 0.496 e. The van der Waals surface area contributed by atoms with Crippen molar-refractivity contribution < 1.29 is 9.53 Å². The summed E-state index contributed by atoms with van der Waals surface area (Å²) in [5.41, 5.74) is 3.06. The van der Waals surface area contributed by atoms with Crippen LogP contribution in [0.1, 0.15) is 18.9 Å². The summed E-state index contributed by atoms with van der Waals surface area (Å²) in [5, 5.41) is 3.11. The van der Waals surface area contributed by atoms with Gasteiger partial charge in [-0.3, -0.25) is 4.79 Å². The highest BCUT2D eigenvalue weighted by Crippen LogP contribution is 2.27. The summed E-state index contributed by atoms with van der Waals surface area (Å²) in [7, 11) is 1.66. The second kappa shape index (κ2) is 9.42. The third kappa shape index (κ3) is 5.01. The van der Waals surface area contributed by atoms with Gasteiger partial charge in [0.15, 0.2) is 0 Å². The molecule has 2 aromatic carbocycles. The Kier molecular flexibility index (Phi) is 6.71. The number of benzene rings is 2. The van der Waals surface area contributed by atoms with Crippen molar-refractivity contribution in [2.75, 3.05) is 50.1 Å². The van der Waals surface area contributed by atoms with E-state index in [-0.39, 0.29) is 5.91 Å². The van der Waals surface area contributed by atoms with Crippen LogP contribution < -0.4 is 15.0 Å². The van der Waals surface area contributed by atoms with Gasteiger partial charge >= 0.3 is 0 Å². The number of carbonyl (C=O) groups is 1. The van der Waals surface area contributed by atoms with E-state index in [1.165, 1.54) is 0 Å². The smallest absolute Gasteiger partial charge is 0.224 e. The summed E-state index contributed by atoms with van der Waals surface area (Å²) in [6.45, 7) is 7.39. The van der Waals surface area contributed by atoms with Gasteiger partial charge < -0.3 is 19.9 Å². The number of amides is 1. The van der Waals surface area contributed by atoms with Gasteiger partial charge in [0.05, 0.1) is 18.5 Å². The molecule has 0 aliphatic carbocycles. The number of rotatable bonds is 7. The van der Waals surface area contributed by atoms with E-state index in [0.717, 1.165) is 55.4 Å². The van der Waals surface area contributed by atoms with Gasteiger partial charge in [0.1, 0.15) is 5.75 Å². The first-order valence-corrected chi connectivity index (χ1v) is 9.69. The monoisotopic (exact) mass is 367 g/mol. The number of nitrogens with one attached hydrogen (secondary N) is 1. The lowest BCUT2D eigenvalue weighted by atomic mass is 10.1. The van der Waals surface area contributed by atoms with Gasteiger partial charge in [0, 0.05) is 32.6 Å². The minimum Gasteiger partial charge on any atom is -0.496 e. The van der Waals surface area contributed by atoms with Crippen LogP contribution in [0.25, 0.3) is 0 Å². The van der Waals surface area contributed by atoms with Gasteiger partial charge in [0.2, 0.25) is 5.91 Å². The summed E-state index contributed by atoms with van der Waals surface area (Å²) in [4.78, 5) is 17.4. The maximum absolute atomic E-state index is 12.5. The van der Waals surface area contributed by atoms with E-state index in [9.17, 15) is 4.79 Å². The highest BCUT2D eigenvalue weighted by molar-refractivity contribution is 5.94.